The molecule has 0 radical (unpaired) electrons. The molecule has 0 saturated heterocycles. The molecule has 1 aromatic carbocycles. The number of benzene rings is 1. The van der Waals surface area contributed by atoms with E-state index >= 15 is 0 Å². The number of nitrogens with one attached hydrogen (secondary N) is 1. The third kappa shape index (κ3) is 2.90. The molecule has 1 N–H and O–H groups in total. The van der Waals surface area contributed by atoms with Gasteiger partial charge in [-0.3, -0.25) is 14.4 Å². The van der Waals surface area contributed by atoms with E-state index in [2.05, 4.69) is 5.32 Å². The van der Waals surface area contributed by atoms with Crippen LogP contribution in [0.5, 0.6) is 0 Å². The number of carbonyl (C=O) groups excluding carboxylic acids is 3. The van der Waals surface area contributed by atoms with Crippen molar-refractivity contribution in [2.45, 2.75) is 25.7 Å². The van der Waals surface area contributed by atoms with Crippen molar-refractivity contribution >= 4 is 23.5 Å². The lowest BCUT2D eigenvalue weighted by Crippen LogP contribution is -2.59. The molecule has 25 heavy (non-hydrogen) atoms. The number of para-hydroxylation sites is 1. The van der Waals surface area contributed by atoms with Gasteiger partial charge in [-0.25, -0.2) is 0 Å². The minimum Gasteiger partial charge on any atom is -0.469 e. The molecule has 6 heteroatoms. The molecule has 0 aliphatic heterocycles. The first-order chi connectivity index (χ1) is 12.0. The van der Waals surface area contributed by atoms with Gasteiger partial charge in [0, 0.05) is 5.69 Å². The average molecular weight is 345 g/mol. The Balaban J connectivity index is 1.98. The van der Waals surface area contributed by atoms with E-state index in [1.165, 1.54) is 14.2 Å². The number of anilines is 1. The Hall–Kier alpha value is -2.37. The van der Waals surface area contributed by atoms with Crippen molar-refractivity contribution in [1.29, 1.82) is 0 Å². The summed E-state index contributed by atoms with van der Waals surface area (Å²) in [5.41, 5.74) is -0.320. The van der Waals surface area contributed by atoms with Gasteiger partial charge < -0.3 is 14.8 Å². The molecule has 1 aromatic rings. The highest BCUT2D eigenvalue weighted by molar-refractivity contribution is 5.99. The Bertz CT molecular complexity index is 664. The van der Waals surface area contributed by atoms with Crippen LogP contribution < -0.4 is 5.32 Å². The van der Waals surface area contributed by atoms with Crippen LogP contribution in [0.1, 0.15) is 25.7 Å². The van der Waals surface area contributed by atoms with Crippen molar-refractivity contribution in [2.75, 3.05) is 19.5 Å². The summed E-state index contributed by atoms with van der Waals surface area (Å²) in [6.45, 7) is 0. The number of hydrogen-bond acceptors (Lipinski definition) is 5. The van der Waals surface area contributed by atoms with Crippen LogP contribution >= 0.6 is 0 Å². The Morgan fingerprint density at radius 2 is 1.68 bits per heavy atom. The van der Waals surface area contributed by atoms with Crippen LogP contribution in [0.25, 0.3) is 0 Å². The first-order valence-electron chi connectivity index (χ1n) is 8.55. The van der Waals surface area contributed by atoms with Crippen LogP contribution in [0.4, 0.5) is 5.69 Å². The van der Waals surface area contributed by atoms with E-state index < -0.39 is 29.2 Å². The number of amides is 1. The lowest BCUT2D eigenvalue weighted by molar-refractivity contribution is -0.182. The summed E-state index contributed by atoms with van der Waals surface area (Å²) in [5, 5.41) is 2.85. The van der Waals surface area contributed by atoms with Gasteiger partial charge in [0.05, 0.1) is 31.5 Å². The monoisotopic (exact) mass is 345 g/mol. The van der Waals surface area contributed by atoms with Gasteiger partial charge in [0.15, 0.2) is 0 Å². The lowest BCUT2D eigenvalue weighted by atomic mass is 9.50. The second kappa shape index (κ2) is 6.86. The standard InChI is InChI=1S/C19H23NO5/c1-24-17(22)14-12-8-10-19(11-9-12,18(23)25-2)15(14)16(21)20-13-6-4-3-5-7-13/h3-7,12,14-15H,8-11H2,1-2H3,(H,20,21). The molecule has 2 atom stereocenters. The van der Waals surface area contributed by atoms with E-state index in [0.29, 0.717) is 18.5 Å². The molecule has 3 aliphatic rings. The summed E-state index contributed by atoms with van der Waals surface area (Å²) >= 11 is 0. The molecule has 3 fully saturated rings. The zero-order valence-corrected chi connectivity index (χ0v) is 14.5. The van der Waals surface area contributed by atoms with Gasteiger partial charge in [-0.2, -0.15) is 0 Å². The largest absolute Gasteiger partial charge is 0.469 e. The normalized spacial score (nSPS) is 30.4. The van der Waals surface area contributed by atoms with Gasteiger partial charge in [0.2, 0.25) is 5.91 Å². The summed E-state index contributed by atoms with van der Waals surface area (Å²) in [4.78, 5) is 38.1. The predicted molar refractivity (Wildman–Crippen MR) is 90.5 cm³/mol. The quantitative estimate of drug-likeness (QED) is 0.848. The van der Waals surface area contributed by atoms with E-state index in [9.17, 15) is 14.4 Å². The molecule has 3 saturated carbocycles. The highest BCUT2D eigenvalue weighted by Gasteiger charge is 2.63. The first kappa shape index (κ1) is 17.5. The number of carbonyl (C=O) groups is 3. The zero-order chi connectivity index (χ0) is 18.0. The predicted octanol–water partition coefficient (Wildman–Crippen LogP) is 2.39. The van der Waals surface area contributed by atoms with Crippen LogP contribution in [0, 0.1) is 23.2 Å². The van der Waals surface area contributed by atoms with Crippen molar-refractivity contribution in [1.82, 2.24) is 0 Å². The Kier molecular flexibility index (Phi) is 4.79. The average Bonchev–Trinajstić information content (AvgIpc) is 2.67. The van der Waals surface area contributed by atoms with Crippen LogP contribution in [0.3, 0.4) is 0 Å². The van der Waals surface area contributed by atoms with E-state index in [1.807, 2.05) is 18.2 Å². The molecule has 6 nitrogen and oxygen atoms in total. The van der Waals surface area contributed by atoms with Crippen LogP contribution in [0.15, 0.2) is 30.3 Å². The summed E-state index contributed by atoms with van der Waals surface area (Å²) in [5.74, 6) is -2.49. The molecule has 4 rings (SSSR count). The maximum atomic E-state index is 13.1. The Morgan fingerprint density at radius 1 is 1.04 bits per heavy atom. The molecule has 2 unspecified atom stereocenters. The molecule has 134 valence electrons. The maximum Gasteiger partial charge on any atom is 0.312 e. The second-order valence-electron chi connectivity index (χ2n) is 6.87. The van der Waals surface area contributed by atoms with Crippen LogP contribution in [-0.2, 0) is 23.9 Å². The Morgan fingerprint density at radius 3 is 2.24 bits per heavy atom. The number of ether oxygens (including phenoxy) is 2. The zero-order valence-electron chi connectivity index (χ0n) is 14.5. The number of esters is 2. The number of fused-ring (bicyclic) bond motifs is 3. The van der Waals surface area contributed by atoms with Crippen molar-refractivity contribution in [3.63, 3.8) is 0 Å². The fourth-order valence-corrected chi connectivity index (χ4v) is 4.60. The van der Waals surface area contributed by atoms with Gasteiger partial charge >= 0.3 is 11.9 Å². The van der Waals surface area contributed by atoms with Crippen LogP contribution in [0.2, 0.25) is 0 Å². The van der Waals surface area contributed by atoms with Crippen molar-refractivity contribution < 1.29 is 23.9 Å². The minimum absolute atomic E-state index is 0.0607. The molecular formula is C19H23NO5. The SMILES string of the molecule is COC(=O)C1C2CCC(C(=O)OC)(CC2)C1C(=O)Nc1ccccc1. The maximum absolute atomic E-state index is 13.1. The summed E-state index contributed by atoms with van der Waals surface area (Å²) < 4.78 is 9.99. The smallest absolute Gasteiger partial charge is 0.312 e. The van der Waals surface area contributed by atoms with Crippen molar-refractivity contribution in [3.8, 4) is 0 Å². The van der Waals surface area contributed by atoms with Gasteiger partial charge in [0.25, 0.3) is 0 Å². The second-order valence-corrected chi connectivity index (χ2v) is 6.87. The molecule has 1 amide bonds. The van der Waals surface area contributed by atoms with Gasteiger partial charge in [-0.05, 0) is 43.7 Å². The fraction of sp³-hybridized carbons (Fsp3) is 0.526. The number of rotatable bonds is 4. The molecular weight excluding hydrogens is 322 g/mol. The third-order valence-electron chi connectivity index (χ3n) is 5.77. The van der Waals surface area contributed by atoms with Crippen molar-refractivity contribution in [2.24, 2.45) is 23.2 Å². The van der Waals surface area contributed by atoms with Gasteiger partial charge in [-0.15, -0.1) is 0 Å². The highest BCUT2D eigenvalue weighted by atomic mass is 16.5. The first-order valence-corrected chi connectivity index (χ1v) is 8.55. The van der Waals surface area contributed by atoms with Gasteiger partial charge in [-0.1, -0.05) is 18.2 Å². The van der Waals surface area contributed by atoms with Crippen LogP contribution in [-0.4, -0.2) is 32.1 Å². The van der Waals surface area contributed by atoms with E-state index in [0.717, 1.165) is 12.8 Å². The van der Waals surface area contributed by atoms with Crippen molar-refractivity contribution in [3.05, 3.63) is 30.3 Å². The summed E-state index contributed by atoms with van der Waals surface area (Å²) in [6.07, 6.45) is 2.57. The molecule has 0 aromatic heterocycles. The number of hydrogen-bond donors (Lipinski definition) is 1. The van der Waals surface area contributed by atoms with E-state index in [4.69, 9.17) is 9.47 Å². The topological polar surface area (TPSA) is 81.7 Å². The van der Waals surface area contributed by atoms with E-state index in [-0.39, 0.29) is 11.8 Å². The number of methoxy groups -OCH3 is 2. The summed E-state index contributed by atoms with van der Waals surface area (Å²) in [6, 6.07) is 9.03. The summed E-state index contributed by atoms with van der Waals surface area (Å²) in [7, 11) is 2.65. The lowest BCUT2D eigenvalue weighted by Gasteiger charge is -2.52. The Labute approximate surface area is 146 Å². The fourth-order valence-electron chi connectivity index (χ4n) is 4.60. The molecule has 3 aliphatic carbocycles. The van der Waals surface area contributed by atoms with Gasteiger partial charge in [0.1, 0.15) is 0 Å². The molecule has 2 bridgehead atoms. The highest BCUT2D eigenvalue weighted by Crippen LogP contribution is 2.57. The third-order valence-corrected chi connectivity index (χ3v) is 5.77. The molecule has 0 spiro atoms. The minimum atomic E-state index is -0.957. The van der Waals surface area contributed by atoms with E-state index in [1.54, 1.807) is 12.1 Å². The molecule has 0 heterocycles.